The van der Waals surface area contributed by atoms with Gasteiger partial charge in [0.1, 0.15) is 11.6 Å². The highest BCUT2D eigenvalue weighted by molar-refractivity contribution is 5.94. The van der Waals surface area contributed by atoms with E-state index in [0.717, 1.165) is 11.1 Å². The van der Waals surface area contributed by atoms with Crippen LogP contribution < -0.4 is 10.1 Å². The van der Waals surface area contributed by atoms with Gasteiger partial charge in [-0.3, -0.25) is 4.79 Å². The van der Waals surface area contributed by atoms with E-state index in [1.165, 1.54) is 24.3 Å². The third kappa shape index (κ3) is 4.44. The highest BCUT2D eigenvalue weighted by atomic mass is 19.1. The number of carbonyl (C=O) groups is 1. The van der Waals surface area contributed by atoms with E-state index in [4.69, 9.17) is 4.74 Å². The second-order valence-corrected chi connectivity index (χ2v) is 5.65. The number of hydrogen-bond donors (Lipinski definition) is 1. The third-order valence-electron chi connectivity index (χ3n) is 3.76. The van der Waals surface area contributed by atoms with Gasteiger partial charge in [-0.2, -0.15) is 0 Å². The van der Waals surface area contributed by atoms with Crippen molar-refractivity contribution < 1.29 is 13.9 Å². The van der Waals surface area contributed by atoms with E-state index in [1.54, 1.807) is 6.92 Å². The van der Waals surface area contributed by atoms with Crippen molar-refractivity contribution in [3.05, 3.63) is 84.7 Å². The molecule has 0 aromatic heterocycles. The quantitative estimate of drug-likeness (QED) is 0.720. The van der Waals surface area contributed by atoms with Gasteiger partial charge in [-0.05, 0) is 54.4 Å². The first-order chi connectivity index (χ1) is 12.1. The molecule has 25 heavy (non-hydrogen) atoms. The Kier molecular flexibility index (Phi) is 5.09. The summed E-state index contributed by atoms with van der Waals surface area (Å²) in [6.45, 7) is 1.65. The van der Waals surface area contributed by atoms with E-state index in [1.807, 2.05) is 54.6 Å². The van der Waals surface area contributed by atoms with E-state index in [9.17, 15) is 9.18 Å². The molecule has 0 bridgehead atoms. The molecule has 0 aliphatic heterocycles. The molecule has 0 radical (unpaired) electrons. The zero-order chi connectivity index (χ0) is 17.6. The summed E-state index contributed by atoms with van der Waals surface area (Å²) in [5.41, 5.74) is 2.89. The van der Waals surface area contributed by atoms with Crippen LogP contribution in [0.15, 0.2) is 78.9 Å². The summed E-state index contributed by atoms with van der Waals surface area (Å²) in [6, 6.07) is 23.2. The Morgan fingerprint density at radius 1 is 0.880 bits per heavy atom. The average Bonchev–Trinajstić information content (AvgIpc) is 2.65. The maximum Gasteiger partial charge on any atom is 0.265 e. The zero-order valence-corrected chi connectivity index (χ0v) is 13.8. The van der Waals surface area contributed by atoms with Crippen LogP contribution in [0.25, 0.3) is 11.1 Å². The molecule has 0 spiro atoms. The molecule has 0 fully saturated rings. The second-order valence-electron chi connectivity index (χ2n) is 5.65. The summed E-state index contributed by atoms with van der Waals surface area (Å²) < 4.78 is 18.4. The summed E-state index contributed by atoms with van der Waals surface area (Å²) in [5, 5.41) is 2.81. The molecule has 0 saturated carbocycles. The van der Waals surface area contributed by atoms with Crippen molar-refractivity contribution in [2.75, 3.05) is 5.32 Å². The lowest BCUT2D eigenvalue weighted by atomic mass is 10.1. The maximum atomic E-state index is 12.9. The minimum Gasteiger partial charge on any atom is -0.481 e. The number of halogens is 1. The van der Waals surface area contributed by atoms with Crippen LogP contribution in [0, 0.1) is 5.82 Å². The van der Waals surface area contributed by atoms with Gasteiger partial charge in [0, 0.05) is 5.69 Å². The van der Waals surface area contributed by atoms with Crippen molar-refractivity contribution >= 4 is 11.6 Å². The van der Waals surface area contributed by atoms with Crippen molar-refractivity contribution in [1.29, 1.82) is 0 Å². The first-order valence-electron chi connectivity index (χ1n) is 8.00. The van der Waals surface area contributed by atoms with Gasteiger partial charge in [-0.1, -0.05) is 42.5 Å². The number of rotatable bonds is 5. The Morgan fingerprint density at radius 3 is 2.12 bits per heavy atom. The van der Waals surface area contributed by atoms with E-state index in [-0.39, 0.29) is 11.7 Å². The number of carbonyl (C=O) groups excluding carboxylic acids is 1. The highest BCUT2D eigenvalue weighted by Gasteiger charge is 2.15. The topological polar surface area (TPSA) is 38.3 Å². The normalized spacial score (nSPS) is 11.6. The van der Waals surface area contributed by atoms with Crippen LogP contribution in [0.2, 0.25) is 0 Å². The molecule has 4 heteroatoms. The summed E-state index contributed by atoms with van der Waals surface area (Å²) in [7, 11) is 0. The number of ether oxygens (including phenoxy) is 1. The second kappa shape index (κ2) is 7.62. The summed E-state index contributed by atoms with van der Waals surface area (Å²) in [4.78, 5) is 12.2. The summed E-state index contributed by atoms with van der Waals surface area (Å²) in [6.07, 6.45) is -0.695. The predicted molar refractivity (Wildman–Crippen MR) is 97.0 cm³/mol. The molecule has 1 unspecified atom stereocenters. The highest BCUT2D eigenvalue weighted by Crippen LogP contribution is 2.21. The van der Waals surface area contributed by atoms with E-state index < -0.39 is 6.10 Å². The Balaban J connectivity index is 1.61. The molecule has 1 amide bonds. The number of anilines is 1. The van der Waals surface area contributed by atoms with Crippen LogP contribution in [-0.2, 0) is 4.79 Å². The molecular weight excluding hydrogens is 317 g/mol. The number of nitrogens with one attached hydrogen (secondary N) is 1. The molecule has 1 atom stereocenters. The minimum atomic E-state index is -0.695. The Bertz CT molecular complexity index is 830. The van der Waals surface area contributed by atoms with Crippen LogP contribution >= 0.6 is 0 Å². The minimum absolute atomic E-state index is 0.267. The average molecular weight is 335 g/mol. The molecule has 0 heterocycles. The molecule has 3 rings (SSSR count). The van der Waals surface area contributed by atoms with Crippen LogP contribution in [-0.4, -0.2) is 12.0 Å². The van der Waals surface area contributed by atoms with Crippen molar-refractivity contribution in [3.63, 3.8) is 0 Å². The van der Waals surface area contributed by atoms with Gasteiger partial charge in [0.25, 0.3) is 5.91 Å². The van der Waals surface area contributed by atoms with E-state index in [0.29, 0.717) is 11.4 Å². The number of amides is 1. The maximum absolute atomic E-state index is 12.9. The molecule has 1 N–H and O–H groups in total. The number of hydrogen-bond acceptors (Lipinski definition) is 2. The molecule has 0 aliphatic carbocycles. The molecule has 0 saturated heterocycles. The fraction of sp³-hybridized carbons (Fsp3) is 0.0952. The lowest BCUT2D eigenvalue weighted by Crippen LogP contribution is -2.30. The van der Waals surface area contributed by atoms with E-state index >= 15 is 0 Å². The van der Waals surface area contributed by atoms with Gasteiger partial charge < -0.3 is 10.1 Å². The lowest BCUT2D eigenvalue weighted by Gasteiger charge is -2.15. The molecule has 126 valence electrons. The van der Waals surface area contributed by atoms with Crippen molar-refractivity contribution in [1.82, 2.24) is 0 Å². The van der Waals surface area contributed by atoms with Crippen molar-refractivity contribution in [2.24, 2.45) is 0 Å². The molecule has 3 nitrogen and oxygen atoms in total. The van der Waals surface area contributed by atoms with E-state index in [2.05, 4.69) is 5.32 Å². The van der Waals surface area contributed by atoms with Crippen LogP contribution in [0.3, 0.4) is 0 Å². The molecule has 0 aliphatic rings. The zero-order valence-electron chi connectivity index (χ0n) is 13.8. The van der Waals surface area contributed by atoms with Crippen LogP contribution in [0.4, 0.5) is 10.1 Å². The first-order valence-corrected chi connectivity index (χ1v) is 8.00. The lowest BCUT2D eigenvalue weighted by molar-refractivity contribution is -0.122. The molecule has 3 aromatic rings. The predicted octanol–water partition coefficient (Wildman–Crippen LogP) is 4.90. The standard InChI is InChI=1S/C21H18FNO2/c1-15(25-20-13-9-18(22)10-14-20)21(24)23-19-11-7-17(8-12-19)16-5-3-2-4-6-16/h2-15H,1H3,(H,23,24). The van der Waals surface area contributed by atoms with Crippen LogP contribution in [0.1, 0.15) is 6.92 Å². The smallest absolute Gasteiger partial charge is 0.265 e. The fourth-order valence-electron chi connectivity index (χ4n) is 2.39. The first kappa shape index (κ1) is 16.7. The van der Waals surface area contributed by atoms with Gasteiger partial charge in [0.05, 0.1) is 0 Å². The van der Waals surface area contributed by atoms with Crippen molar-refractivity contribution in [3.8, 4) is 16.9 Å². The van der Waals surface area contributed by atoms with Crippen molar-refractivity contribution in [2.45, 2.75) is 13.0 Å². The third-order valence-corrected chi connectivity index (χ3v) is 3.76. The van der Waals surface area contributed by atoms with Gasteiger partial charge in [0.15, 0.2) is 6.10 Å². The number of benzene rings is 3. The Labute approximate surface area is 146 Å². The summed E-state index contributed by atoms with van der Waals surface area (Å²) in [5.74, 6) is -0.164. The molecular formula is C21H18FNO2. The monoisotopic (exact) mass is 335 g/mol. The van der Waals surface area contributed by atoms with Gasteiger partial charge in [-0.25, -0.2) is 4.39 Å². The Hall–Kier alpha value is -3.14. The van der Waals surface area contributed by atoms with Gasteiger partial charge >= 0.3 is 0 Å². The summed E-state index contributed by atoms with van der Waals surface area (Å²) >= 11 is 0. The Morgan fingerprint density at radius 2 is 1.48 bits per heavy atom. The largest absolute Gasteiger partial charge is 0.481 e. The van der Waals surface area contributed by atoms with Crippen LogP contribution in [0.5, 0.6) is 5.75 Å². The van der Waals surface area contributed by atoms with Gasteiger partial charge in [-0.15, -0.1) is 0 Å². The fourth-order valence-corrected chi connectivity index (χ4v) is 2.39. The van der Waals surface area contributed by atoms with Gasteiger partial charge in [0.2, 0.25) is 0 Å². The SMILES string of the molecule is CC(Oc1ccc(F)cc1)C(=O)Nc1ccc(-c2ccccc2)cc1. The molecule has 3 aromatic carbocycles.